The van der Waals surface area contributed by atoms with Crippen molar-refractivity contribution in [2.45, 2.75) is 6.42 Å². The number of nitrogens with zero attached hydrogens (tertiary/aromatic N) is 1. The Kier molecular flexibility index (Phi) is 2.43. The van der Waals surface area contributed by atoms with E-state index in [1.807, 2.05) is 0 Å². The molecule has 4 nitrogen and oxygen atoms in total. The highest BCUT2D eigenvalue weighted by Crippen LogP contribution is 1.97. The van der Waals surface area contributed by atoms with Crippen LogP contribution in [0.25, 0.3) is 0 Å². The molecule has 0 fully saturated rings. The fraction of sp³-hybridized carbons (Fsp3) is 0.143. The molecule has 1 heterocycles. The zero-order valence-electron chi connectivity index (χ0n) is 5.95. The van der Waals surface area contributed by atoms with E-state index in [0.29, 0.717) is 5.70 Å². The van der Waals surface area contributed by atoms with Crippen LogP contribution in [0.1, 0.15) is 6.42 Å². The van der Waals surface area contributed by atoms with E-state index in [4.69, 9.17) is 5.73 Å². The largest absolute Gasteiger partial charge is 0.369 e. The van der Waals surface area contributed by atoms with E-state index in [1.165, 1.54) is 0 Å². The number of nitrogens with two attached hydrogens (primary N) is 1. The smallest absolute Gasteiger partial charge is 0.223 e. The van der Waals surface area contributed by atoms with Gasteiger partial charge in [0.1, 0.15) is 0 Å². The van der Waals surface area contributed by atoms with Gasteiger partial charge in [-0.25, -0.2) is 0 Å². The van der Waals surface area contributed by atoms with Crippen molar-refractivity contribution in [2.24, 2.45) is 10.7 Å². The lowest BCUT2D eigenvalue weighted by molar-refractivity contribution is -0.117. The van der Waals surface area contributed by atoms with Crippen LogP contribution in [0, 0.1) is 0 Å². The van der Waals surface area contributed by atoms with Crippen molar-refractivity contribution in [2.75, 3.05) is 0 Å². The Morgan fingerprint density at radius 3 is 3.27 bits per heavy atom. The topological polar surface area (TPSA) is 67.5 Å². The van der Waals surface area contributed by atoms with E-state index >= 15 is 0 Å². The van der Waals surface area contributed by atoms with Gasteiger partial charge in [0.25, 0.3) is 0 Å². The summed E-state index contributed by atoms with van der Waals surface area (Å²) in [6, 6.07) is 0. The van der Waals surface area contributed by atoms with Gasteiger partial charge in [-0.2, -0.15) is 0 Å². The standard InChI is InChI=1S/C7H9N3O/c8-7(11)4-6-5-9-2-1-3-10-6/h1-3,5,10H,4H2,(H2,8,11). The molecule has 0 aliphatic carbocycles. The highest BCUT2D eigenvalue weighted by Gasteiger charge is 1.99. The molecule has 0 unspecified atom stereocenters. The molecule has 1 rings (SSSR count). The minimum absolute atomic E-state index is 0.196. The molecule has 3 N–H and O–H groups in total. The van der Waals surface area contributed by atoms with Gasteiger partial charge in [-0.3, -0.25) is 9.79 Å². The maximum atomic E-state index is 10.4. The normalized spacial score (nSPS) is 15.1. The van der Waals surface area contributed by atoms with Crippen LogP contribution in [0.2, 0.25) is 0 Å². The first-order chi connectivity index (χ1) is 5.29. The van der Waals surface area contributed by atoms with E-state index in [2.05, 4.69) is 10.3 Å². The summed E-state index contributed by atoms with van der Waals surface area (Å²) < 4.78 is 0. The summed E-state index contributed by atoms with van der Waals surface area (Å²) in [6.07, 6.45) is 6.84. The molecule has 0 radical (unpaired) electrons. The highest BCUT2D eigenvalue weighted by atomic mass is 16.1. The maximum Gasteiger partial charge on any atom is 0.223 e. The average molecular weight is 151 g/mol. The van der Waals surface area contributed by atoms with Gasteiger partial charge >= 0.3 is 0 Å². The first-order valence-corrected chi connectivity index (χ1v) is 3.21. The molecule has 0 aromatic rings. The number of carbonyl (C=O) groups is 1. The molecule has 0 aromatic heterocycles. The van der Waals surface area contributed by atoms with E-state index in [9.17, 15) is 4.79 Å². The minimum atomic E-state index is -0.366. The summed E-state index contributed by atoms with van der Waals surface area (Å²) >= 11 is 0. The Bertz CT molecular complexity index is 240. The van der Waals surface area contributed by atoms with Gasteiger partial charge in [0.15, 0.2) is 0 Å². The molecule has 0 aromatic carbocycles. The lowest BCUT2D eigenvalue weighted by Gasteiger charge is -2.00. The molecule has 0 atom stereocenters. The zero-order chi connectivity index (χ0) is 8.10. The molecule has 0 bridgehead atoms. The molecule has 0 spiro atoms. The summed E-state index contributed by atoms with van der Waals surface area (Å²) in [5.41, 5.74) is 5.69. The SMILES string of the molecule is NC(=O)CC1=CN=CC=CN1. The Labute approximate surface area is 64.5 Å². The van der Waals surface area contributed by atoms with Crippen LogP contribution in [0.5, 0.6) is 0 Å². The van der Waals surface area contributed by atoms with Crippen LogP contribution >= 0.6 is 0 Å². The molecule has 4 heteroatoms. The molecule has 58 valence electrons. The number of aliphatic imine (C=N–C) groups is 1. The lowest BCUT2D eigenvalue weighted by Crippen LogP contribution is -2.16. The van der Waals surface area contributed by atoms with E-state index in [-0.39, 0.29) is 12.3 Å². The predicted octanol–water partition coefficient (Wildman–Crippen LogP) is -0.109. The van der Waals surface area contributed by atoms with Gasteiger partial charge in [-0.05, 0) is 6.08 Å². The second-order valence-corrected chi connectivity index (χ2v) is 2.10. The van der Waals surface area contributed by atoms with Crippen molar-refractivity contribution in [3.63, 3.8) is 0 Å². The Morgan fingerprint density at radius 1 is 1.73 bits per heavy atom. The second-order valence-electron chi connectivity index (χ2n) is 2.10. The van der Waals surface area contributed by atoms with Crippen molar-refractivity contribution < 1.29 is 4.79 Å². The van der Waals surface area contributed by atoms with Gasteiger partial charge in [0, 0.05) is 24.3 Å². The van der Waals surface area contributed by atoms with Crippen molar-refractivity contribution in [1.29, 1.82) is 0 Å². The highest BCUT2D eigenvalue weighted by molar-refractivity contribution is 5.77. The molecular weight excluding hydrogens is 142 g/mol. The summed E-state index contributed by atoms with van der Waals surface area (Å²) in [6.45, 7) is 0. The van der Waals surface area contributed by atoms with Crippen molar-refractivity contribution in [3.8, 4) is 0 Å². The molecular formula is C7H9N3O. The van der Waals surface area contributed by atoms with Crippen molar-refractivity contribution in [3.05, 3.63) is 24.2 Å². The fourth-order valence-electron chi connectivity index (χ4n) is 0.703. The summed E-state index contributed by atoms with van der Waals surface area (Å²) in [5.74, 6) is -0.366. The van der Waals surface area contributed by atoms with Crippen LogP contribution in [0.3, 0.4) is 0 Å². The van der Waals surface area contributed by atoms with E-state index < -0.39 is 0 Å². The third-order valence-electron chi connectivity index (χ3n) is 1.13. The van der Waals surface area contributed by atoms with Crippen molar-refractivity contribution in [1.82, 2.24) is 5.32 Å². The van der Waals surface area contributed by atoms with Crippen LogP contribution < -0.4 is 11.1 Å². The molecule has 1 aliphatic rings. The molecule has 0 saturated heterocycles. The van der Waals surface area contributed by atoms with Crippen molar-refractivity contribution >= 4 is 12.1 Å². The fourth-order valence-corrected chi connectivity index (χ4v) is 0.703. The predicted molar refractivity (Wildman–Crippen MR) is 42.7 cm³/mol. The zero-order valence-corrected chi connectivity index (χ0v) is 5.95. The molecule has 1 aliphatic heterocycles. The first-order valence-electron chi connectivity index (χ1n) is 3.21. The number of rotatable bonds is 2. The van der Waals surface area contributed by atoms with Gasteiger partial charge in [-0.15, -0.1) is 0 Å². The van der Waals surface area contributed by atoms with Gasteiger partial charge in [0.05, 0.1) is 6.42 Å². The third-order valence-corrected chi connectivity index (χ3v) is 1.13. The Balaban J connectivity index is 2.57. The number of hydrogen-bond acceptors (Lipinski definition) is 3. The van der Waals surface area contributed by atoms with Gasteiger partial charge < -0.3 is 11.1 Å². The summed E-state index contributed by atoms with van der Waals surface area (Å²) in [5, 5.41) is 2.87. The van der Waals surface area contributed by atoms with Crippen LogP contribution in [-0.4, -0.2) is 12.1 Å². The maximum absolute atomic E-state index is 10.4. The van der Waals surface area contributed by atoms with Crippen LogP contribution in [0.15, 0.2) is 29.2 Å². The summed E-state index contributed by atoms with van der Waals surface area (Å²) in [4.78, 5) is 14.3. The quantitative estimate of drug-likeness (QED) is 0.578. The number of carbonyl (C=O) groups excluding carboxylic acids is 1. The molecule has 1 amide bonds. The van der Waals surface area contributed by atoms with Crippen LogP contribution in [0.4, 0.5) is 0 Å². The van der Waals surface area contributed by atoms with E-state index in [1.54, 1.807) is 24.7 Å². The first kappa shape index (κ1) is 7.53. The molecule has 0 saturated carbocycles. The van der Waals surface area contributed by atoms with Gasteiger partial charge in [-0.1, -0.05) is 0 Å². The monoisotopic (exact) mass is 151 g/mol. The molecule has 11 heavy (non-hydrogen) atoms. The van der Waals surface area contributed by atoms with Gasteiger partial charge in [0.2, 0.25) is 5.91 Å². The number of allylic oxidation sites excluding steroid dienone is 1. The number of nitrogens with one attached hydrogen (secondary N) is 1. The van der Waals surface area contributed by atoms with Crippen LogP contribution in [-0.2, 0) is 4.79 Å². The lowest BCUT2D eigenvalue weighted by atomic mass is 10.3. The number of primary amides is 1. The summed E-state index contributed by atoms with van der Waals surface area (Å²) in [7, 11) is 0. The number of amides is 1. The minimum Gasteiger partial charge on any atom is -0.369 e. The number of hydrogen-bond donors (Lipinski definition) is 2. The average Bonchev–Trinajstić information content (AvgIpc) is 2.14. The van der Waals surface area contributed by atoms with E-state index in [0.717, 1.165) is 0 Å². The Morgan fingerprint density at radius 2 is 2.55 bits per heavy atom. The third kappa shape index (κ3) is 2.66. The second kappa shape index (κ2) is 3.55. The Hall–Kier alpha value is -1.58.